The zero-order valence-corrected chi connectivity index (χ0v) is 11.5. The number of imidazole rings is 1. The van der Waals surface area contributed by atoms with Gasteiger partial charge in [-0.25, -0.2) is 4.98 Å². The number of aryl methyl sites for hydroxylation is 1. The Hall–Kier alpha value is -1.00. The van der Waals surface area contributed by atoms with Crippen LogP contribution in [-0.4, -0.2) is 28.3 Å². The lowest BCUT2D eigenvalue weighted by molar-refractivity contribution is 0.706. The highest BCUT2D eigenvalue weighted by atomic mass is 32.2. The predicted molar refractivity (Wildman–Crippen MR) is 77.2 cm³/mol. The number of nitrogens with one attached hydrogen (secondary N) is 2. The highest BCUT2D eigenvalue weighted by molar-refractivity contribution is 7.99. The summed E-state index contributed by atoms with van der Waals surface area (Å²) >= 11 is 1.88. The molecule has 0 spiro atoms. The first-order valence-electron chi connectivity index (χ1n) is 6.65. The van der Waals surface area contributed by atoms with E-state index in [9.17, 15) is 0 Å². The van der Waals surface area contributed by atoms with E-state index in [2.05, 4.69) is 40.4 Å². The number of H-pyrrole nitrogens is 1. The second-order valence-electron chi connectivity index (χ2n) is 5.00. The molecule has 2 heterocycles. The zero-order chi connectivity index (χ0) is 12.4. The van der Waals surface area contributed by atoms with Crippen LogP contribution < -0.4 is 5.32 Å². The third-order valence-corrected chi connectivity index (χ3v) is 4.55. The Bertz CT molecular complexity index is 527. The summed E-state index contributed by atoms with van der Waals surface area (Å²) in [5.41, 5.74) is 3.50. The van der Waals surface area contributed by atoms with E-state index in [0.717, 1.165) is 29.3 Å². The van der Waals surface area contributed by atoms with Crippen molar-refractivity contribution in [3.8, 4) is 0 Å². The van der Waals surface area contributed by atoms with Crippen molar-refractivity contribution < 1.29 is 0 Å². The lowest BCUT2D eigenvalue weighted by atomic mass is 10.2. The Morgan fingerprint density at radius 2 is 2.28 bits per heavy atom. The van der Waals surface area contributed by atoms with Crippen LogP contribution >= 0.6 is 11.8 Å². The van der Waals surface area contributed by atoms with Crippen molar-refractivity contribution in [1.82, 2.24) is 15.3 Å². The van der Waals surface area contributed by atoms with Crippen LogP contribution in [0.4, 0.5) is 0 Å². The molecular formula is C14H19N3S. The number of aromatic amines is 1. The predicted octanol–water partition coefficient (Wildman–Crippen LogP) is 3.11. The van der Waals surface area contributed by atoms with Crippen molar-refractivity contribution >= 4 is 22.8 Å². The fraction of sp³-hybridized carbons (Fsp3) is 0.500. The first-order valence-corrected chi connectivity index (χ1v) is 7.53. The number of aromatic nitrogens is 2. The summed E-state index contributed by atoms with van der Waals surface area (Å²) < 4.78 is 0. The van der Waals surface area contributed by atoms with Crippen molar-refractivity contribution in [2.24, 2.45) is 0 Å². The van der Waals surface area contributed by atoms with Gasteiger partial charge >= 0.3 is 0 Å². The number of rotatable bonds is 2. The van der Waals surface area contributed by atoms with Gasteiger partial charge in [-0.2, -0.15) is 0 Å². The third kappa shape index (κ3) is 2.70. The zero-order valence-electron chi connectivity index (χ0n) is 10.7. The van der Waals surface area contributed by atoms with Crippen molar-refractivity contribution in [1.29, 1.82) is 0 Å². The summed E-state index contributed by atoms with van der Waals surface area (Å²) in [5.74, 6) is 0. The molecule has 2 aromatic rings. The maximum Gasteiger partial charge on any atom is 0.166 e. The molecule has 0 saturated carbocycles. The number of hydrogen-bond donors (Lipinski definition) is 2. The van der Waals surface area contributed by atoms with Gasteiger partial charge in [0.1, 0.15) is 0 Å². The fourth-order valence-electron chi connectivity index (χ4n) is 2.40. The fourth-order valence-corrected chi connectivity index (χ4v) is 3.52. The largest absolute Gasteiger partial charge is 0.333 e. The third-order valence-electron chi connectivity index (χ3n) is 3.40. The molecule has 0 amide bonds. The molecule has 1 aromatic heterocycles. The molecule has 1 aromatic carbocycles. The number of thioether (sulfide) groups is 1. The quantitative estimate of drug-likeness (QED) is 0.872. The molecule has 0 radical (unpaired) electrons. The molecule has 18 heavy (non-hydrogen) atoms. The maximum absolute atomic E-state index is 4.66. The number of hydrogen-bond acceptors (Lipinski definition) is 3. The Kier molecular flexibility index (Phi) is 3.57. The van der Waals surface area contributed by atoms with Gasteiger partial charge < -0.3 is 10.3 Å². The van der Waals surface area contributed by atoms with E-state index in [1.165, 1.54) is 24.8 Å². The lowest BCUT2D eigenvalue weighted by Crippen LogP contribution is -2.22. The van der Waals surface area contributed by atoms with E-state index in [1.807, 2.05) is 11.8 Å². The maximum atomic E-state index is 4.66. The van der Waals surface area contributed by atoms with Gasteiger partial charge in [-0.05, 0) is 44.0 Å². The molecular weight excluding hydrogens is 242 g/mol. The summed E-state index contributed by atoms with van der Waals surface area (Å²) in [5, 5.41) is 5.20. The minimum atomic E-state index is 0.647. The van der Waals surface area contributed by atoms with Crippen LogP contribution in [0.25, 0.3) is 11.0 Å². The molecule has 1 atom stereocenters. The lowest BCUT2D eigenvalue weighted by Gasteiger charge is -2.11. The number of benzene rings is 1. The molecule has 1 fully saturated rings. The summed E-state index contributed by atoms with van der Waals surface area (Å²) in [7, 11) is 0. The van der Waals surface area contributed by atoms with Crippen LogP contribution in [0.15, 0.2) is 23.4 Å². The summed E-state index contributed by atoms with van der Waals surface area (Å²) in [6, 6.07) is 6.37. The Morgan fingerprint density at radius 1 is 1.33 bits per heavy atom. The normalized spacial score (nSPS) is 21.1. The van der Waals surface area contributed by atoms with Gasteiger partial charge in [0.2, 0.25) is 0 Å². The van der Waals surface area contributed by atoms with Gasteiger partial charge in [0.25, 0.3) is 0 Å². The smallest absolute Gasteiger partial charge is 0.166 e. The van der Waals surface area contributed by atoms with E-state index in [-0.39, 0.29) is 0 Å². The van der Waals surface area contributed by atoms with E-state index in [1.54, 1.807) is 0 Å². The summed E-state index contributed by atoms with van der Waals surface area (Å²) in [6.45, 7) is 4.37. The van der Waals surface area contributed by atoms with Crippen LogP contribution in [0.5, 0.6) is 0 Å². The molecule has 1 aliphatic rings. The summed E-state index contributed by atoms with van der Waals surface area (Å²) in [6.07, 6.45) is 3.91. The standard InChI is InChI=1S/C14H19N3S/c1-10-5-6-12-13(8-10)17-14(16-12)18-11-4-2-3-7-15-9-11/h5-6,8,11,15H,2-4,7,9H2,1H3,(H,16,17). The molecule has 1 unspecified atom stereocenters. The van der Waals surface area contributed by atoms with Crippen LogP contribution in [0, 0.1) is 6.92 Å². The molecule has 1 saturated heterocycles. The second kappa shape index (κ2) is 5.33. The second-order valence-corrected chi connectivity index (χ2v) is 6.29. The number of fused-ring (bicyclic) bond motifs is 1. The topological polar surface area (TPSA) is 40.7 Å². The van der Waals surface area contributed by atoms with Gasteiger partial charge in [-0.3, -0.25) is 0 Å². The molecule has 1 aliphatic heterocycles. The first kappa shape index (κ1) is 12.1. The Labute approximate surface area is 112 Å². The van der Waals surface area contributed by atoms with Gasteiger partial charge in [-0.1, -0.05) is 24.2 Å². The molecule has 2 N–H and O–H groups in total. The molecule has 3 rings (SSSR count). The van der Waals surface area contributed by atoms with E-state index in [0.29, 0.717) is 5.25 Å². The molecule has 96 valence electrons. The summed E-state index contributed by atoms with van der Waals surface area (Å²) in [4.78, 5) is 8.09. The van der Waals surface area contributed by atoms with Crippen molar-refractivity contribution in [3.63, 3.8) is 0 Å². The average Bonchev–Trinajstić information content (AvgIpc) is 2.57. The van der Waals surface area contributed by atoms with Crippen LogP contribution in [0.1, 0.15) is 24.8 Å². The van der Waals surface area contributed by atoms with E-state index in [4.69, 9.17) is 0 Å². The van der Waals surface area contributed by atoms with Gasteiger partial charge in [0.15, 0.2) is 5.16 Å². The van der Waals surface area contributed by atoms with Crippen molar-refractivity contribution in [3.05, 3.63) is 23.8 Å². The Balaban J connectivity index is 1.77. The first-order chi connectivity index (χ1) is 8.81. The monoisotopic (exact) mass is 261 g/mol. The van der Waals surface area contributed by atoms with Gasteiger partial charge in [0.05, 0.1) is 11.0 Å². The van der Waals surface area contributed by atoms with Crippen molar-refractivity contribution in [2.75, 3.05) is 13.1 Å². The van der Waals surface area contributed by atoms with Crippen molar-refractivity contribution in [2.45, 2.75) is 36.6 Å². The average molecular weight is 261 g/mol. The van der Waals surface area contributed by atoms with Gasteiger partial charge in [-0.15, -0.1) is 0 Å². The molecule has 0 bridgehead atoms. The highest BCUT2D eigenvalue weighted by Gasteiger charge is 2.15. The van der Waals surface area contributed by atoms with Crippen LogP contribution in [0.3, 0.4) is 0 Å². The minimum absolute atomic E-state index is 0.647. The van der Waals surface area contributed by atoms with E-state index >= 15 is 0 Å². The Morgan fingerprint density at radius 3 is 3.22 bits per heavy atom. The van der Waals surface area contributed by atoms with Crippen LogP contribution in [-0.2, 0) is 0 Å². The molecule has 4 heteroatoms. The minimum Gasteiger partial charge on any atom is -0.333 e. The van der Waals surface area contributed by atoms with Gasteiger partial charge in [0, 0.05) is 11.8 Å². The van der Waals surface area contributed by atoms with Crippen LogP contribution in [0.2, 0.25) is 0 Å². The van der Waals surface area contributed by atoms with E-state index < -0.39 is 0 Å². The molecule has 0 aliphatic carbocycles. The molecule has 3 nitrogen and oxygen atoms in total. The highest BCUT2D eigenvalue weighted by Crippen LogP contribution is 2.27. The number of nitrogens with zero attached hydrogens (tertiary/aromatic N) is 1. The SMILES string of the molecule is Cc1ccc2nc(SC3CCCCNC3)[nH]c2c1.